The van der Waals surface area contributed by atoms with Crippen molar-refractivity contribution >= 4 is 0 Å². The molecule has 0 bridgehead atoms. The number of ether oxygens (including phenoxy) is 3. The summed E-state index contributed by atoms with van der Waals surface area (Å²) < 4.78 is 17.9. The van der Waals surface area contributed by atoms with Gasteiger partial charge in [-0.2, -0.15) is 0 Å². The van der Waals surface area contributed by atoms with E-state index < -0.39 is 5.41 Å². The van der Waals surface area contributed by atoms with Crippen molar-refractivity contribution in [3.63, 3.8) is 0 Å². The summed E-state index contributed by atoms with van der Waals surface area (Å²) in [6.45, 7) is 4.39. The van der Waals surface area contributed by atoms with Crippen LogP contribution in [0.4, 0.5) is 0 Å². The predicted molar refractivity (Wildman–Crippen MR) is 127 cm³/mol. The largest absolute Gasteiger partial charge is 0.508 e. The third-order valence-electron chi connectivity index (χ3n) is 6.60. The maximum absolute atomic E-state index is 10.3. The molecule has 6 rings (SSSR count). The van der Waals surface area contributed by atoms with E-state index in [4.69, 9.17) is 14.2 Å². The molecule has 1 spiro atoms. The highest BCUT2D eigenvalue weighted by atomic mass is 16.7. The van der Waals surface area contributed by atoms with Crippen LogP contribution in [0.25, 0.3) is 11.1 Å². The molecule has 4 aromatic carbocycles. The molecule has 4 nitrogen and oxygen atoms in total. The summed E-state index contributed by atoms with van der Waals surface area (Å²) >= 11 is 0. The van der Waals surface area contributed by atoms with Gasteiger partial charge in [-0.15, -0.1) is 0 Å². The molecule has 0 amide bonds. The summed E-state index contributed by atoms with van der Waals surface area (Å²) in [7, 11) is 0. The molecule has 0 saturated heterocycles. The molecule has 4 aromatic rings. The van der Waals surface area contributed by atoms with E-state index in [0.29, 0.717) is 23.9 Å². The highest BCUT2D eigenvalue weighted by Gasteiger charge is 2.51. The fraction of sp³-hybridized carbons (Fsp3) is 0.172. The monoisotopic (exact) mass is 436 g/mol. The molecule has 1 heterocycles. The topological polar surface area (TPSA) is 47.9 Å². The lowest BCUT2D eigenvalue weighted by molar-refractivity contribution is -0.0613. The molecular weight excluding hydrogens is 412 g/mol. The van der Waals surface area contributed by atoms with Crippen LogP contribution in [0.1, 0.15) is 36.1 Å². The first-order valence-corrected chi connectivity index (χ1v) is 11.3. The number of rotatable bonds is 4. The van der Waals surface area contributed by atoms with Crippen molar-refractivity contribution in [1.82, 2.24) is 0 Å². The van der Waals surface area contributed by atoms with Gasteiger partial charge in [-0.1, -0.05) is 60.7 Å². The van der Waals surface area contributed by atoms with Crippen molar-refractivity contribution in [2.45, 2.75) is 25.6 Å². The average molecular weight is 437 g/mol. The van der Waals surface area contributed by atoms with Gasteiger partial charge in [0.05, 0.1) is 5.41 Å². The summed E-state index contributed by atoms with van der Waals surface area (Å²) in [6, 6.07) is 28.5. The summed E-state index contributed by atoms with van der Waals surface area (Å²) in [5.41, 5.74) is 6.36. The van der Waals surface area contributed by atoms with Gasteiger partial charge in [-0.3, -0.25) is 0 Å². The van der Waals surface area contributed by atoms with Gasteiger partial charge in [0.15, 0.2) is 6.29 Å². The number of hydrogen-bond acceptors (Lipinski definition) is 4. The van der Waals surface area contributed by atoms with Gasteiger partial charge in [0.25, 0.3) is 0 Å². The maximum Gasteiger partial charge on any atom is 0.196 e. The molecule has 0 radical (unpaired) electrons. The number of benzene rings is 4. The predicted octanol–water partition coefficient (Wildman–Crippen LogP) is 6.62. The highest BCUT2D eigenvalue weighted by molar-refractivity contribution is 5.88. The molecule has 1 N–H and O–H groups in total. The minimum atomic E-state index is -0.548. The van der Waals surface area contributed by atoms with Gasteiger partial charge >= 0.3 is 0 Å². The smallest absolute Gasteiger partial charge is 0.196 e. The van der Waals surface area contributed by atoms with E-state index in [-0.39, 0.29) is 12.0 Å². The van der Waals surface area contributed by atoms with E-state index in [2.05, 4.69) is 54.6 Å². The summed E-state index contributed by atoms with van der Waals surface area (Å²) in [5, 5.41) is 10.3. The van der Waals surface area contributed by atoms with Crippen molar-refractivity contribution in [3.05, 3.63) is 107 Å². The zero-order chi connectivity index (χ0) is 22.6. The lowest BCUT2D eigenvalue weighted by atomic mass is 9.66. The number of aromatic hydroxyl groups is 1. The van der Waals surface area contributed by atoms with Crippen LogP contribution >= 0.6 is 0 Å². The van der Waals surface area contributed by atoms with E-state index in [1.165, 1.54) is 22.3 Å². The molecule has 164 valence electrons. The molecular formula is C29H24O4. The Hall–Kier alpha value is -3.76. The zero-order valence-electron chi connectivity index (χ0n) is 18.5. The molecule has 0 aromatic heterocycles. The van der Waals surface area contributed by atoms with E-state index in [9.17, 15) is 5.11 Å². The first-order valence-electron chi connectivity index (χ1n) is 11.3. The molecule has 2 aliphatic rings. The van der Waals surface area contributed by atoms with Crippen LogP contribution in [0.2, 0.25) is 0 Å². The molecule has 1 aliphatic heterocycles. The van der Waals surface area contributed by atoms with Crippen LogP contribution < -0.4 is 9.47 Å². The average Bonchev–Trinajstić information content (AvgIpc) is 3.10. The van der Waals surface area contributed by atoms with Gasteiger partial charge in [-0.25, -0.2) is 0 Å². The lowest BCUT2D eigenvalue weighted by Gasteiger charge is -2.39. The van der Waals surface area contributed by atoms with Gasteiger partial charge in [0, 0.05) is 29.9 Å². The van der Waals surface area contributed by atoms with Crippen molar-refractivity contribution < 1.29 is 19.3 Å². The van der Waals surface area contributed by atoms with Crippen LogP contribution in [0.15, 0.2) is 84.9 Å². The SMILES string of the molecule is CCOC(C)Oc1ccc2c(c1)Oc1cc(O)ccc1C21c2ccccc2-c2ccccc21. The maximum atomic E-state index is 10.3. The molecule has 1 unspecified atom stereocenters. The molecule has 0 saturated carbocycles. The second-order valence-electron chi connectivity index (χ2n) is 8.42. The Morgan fingerprint density at radius 1 is 0.788 bits per heavy atom. The Morgan fingerprint density at radius 2 is 1.39 bits per heavy atom. The van der Waals surface area contributed by atoms with E-state index in [1.54, 1.807) is 12.1 Å². The molecule has 33 heavy (non-hydrogen) atoms. The minimum absolute atomic E-state index is 0.171. The van der Waals surface area contributed by atoms with Crippen molar-refractivity contribution in [2.75, 3.05) is 6.61 Å². The van der Waals surface area contributed by atoms with Crippen LogP contribution in [-0.2, 0) is 10.2 Å². The minimum Gasteiger partial charge on any atom is -0.508 e. The van der Waals surface area contributed by atoms with Crippen LogP contribution in [0.3, 0.4) is 0 Å². The first kappa shape index (κ1) is 19.9. The summed E-state index contributed by atoms with van der Waals surface area (Å²) in [6.07, 6.45) is -0.366. The highest BCUT2D eigenvalue weighted by Crippen LogP contribution is 2.62. The fourth-order valence-corrected chi connectivity index (χ4v) is 5.41. The van der Waals surface area contributed by atoms with Gasteiger partial charge < -0.3 is 19.3 Å². The Kier molecular flexibility index (Phi) is 4.46. The standard InChI is InChI=1S/C29H24O4/c1-3-31-18(2)32-20-13-15-26-28(17-20)33-27-16-19(30)12-14-25(27)29(26)23-10-6-4-8-21(23)22-9-5-7-11-24(22)29/h4-18,30H,3H2,1-2H3. The fourth-order valence-electron chi connectivity index (χ4n) is 5.41. The number of hydrogen-bond donors (Lipinski definition) is 1. The second kappa shape index (κ2) is 7.39. The number of phenols is 1. The molecule has 1 atom stereocenters. The van der Waals surface area contributed by atoms with E-state index in [1.807, 2.05) is 32.0 Å². The van der Waals surface area contributed by atoms with Gasteiger partial charge in [-0.05, 0) is 48.2 Å². The van der Waals surface area contributed by atoms with Gasteiger partial charge in [0.1, 0.15) is 23.0 Å². The van der Waals surface area contributed by atoms with Crippen molar-refractivity contribution in [3.8, 4) is 34.1 Å². The summed E-state index contributed by atoms with van der Waals surface area (Å²) in [4.78, 5) is 0. The van der Waals surface area contributed by atoms with Crippen molar-refractivity contribution in [1.29, 1.82) is 0 Å². The Balaban J connectivity index is 1.65. The molecule has 0 fully saturated rings. The van der Waals surface area contributed by atoms with Crippen LogP contribution in [-0.4, -0.2) is 18.0 Å². The van der Waals surface area contributed by atoms with E-state index >= 15 is 0 Å². The number of phenolic OH excluding ortho intramolecular Hbond substituents is 1. The quantitative estimate of drug-likeness (QED) is 0.315. The van der Waals surface area contributed by atoms with Crippen LogP contribution in [0.5, 0.6) is 23.0 Å². The first-order chi connectivity index (χ1) is 16.1. The molecule has 4 heteroatoms. The summed E-state index contributed by atoms with van der Waals surface area (Å²) in [5.74, 6) is 2.20. The van der Waals surface area contributed by atoms with Crippen molar-refractivity contribution in [2.24, 2.45) is 0 Å². The number of fused-ring (bicyclic) bond motifs is 9. The Morgan fingerprint density at radius 3 is 2.06 bits per heavy atom. The Bertz CT molecular complexity index is 1330. The zero-order valence-corrected chi connectivity index (χ0v) is 18.5. The van der Waals surface area contributed by atoms with Gasteiger partial charge in [0.2, 0.25) is 0 Å². The lowest BCUT2D eigenvalue weighted by Crippen LogP contribution is -2.32. The second-order valence-corrected chi connectivity index (χ2v) is 8.42. The third kappa shape index (κ3) is 2.81. The molecule has 1 aliphatic carbocycles. The van der Waals surface area contributed by atoms with E-state index in [0.717, 1.165) is 11.1 Å². The normalized spacial score (nSPS) is 15.1. The van der Waals surface area contributed by atoms with Crippen LogP contribution in [0, 0.1) is 0 Å². The third-order valence-corrected chi connectivity index (χ3v) is 6.60. The Labute approximate surface area is 193 Å².